The fraction of sp³-hybridized carbons (Fsp3) is 0.777. The van der Waals surface area contributed by atoms with E-state index in [1.807, 2.05) is 6.08 Å². The van der Waals surface area contributed by atoms with Crippen LogP contribution in [0.5, 0.6) is 0 Å². The van der Waals surface area contributed by atoms with Crippen LogP contribution in [0.2, 0.25) is 0 Å². The Kier molecular flexibility index (Phi) is 70.7. The number of nitrogens with one attached hydrogen (secondary N) is 1. The van der Waals surface area contributed by atoms with Crippen molar-refractivity contribution in [2.75, 3.05) is 19.8 Å². The fourth-order valence-corrected chi connectivity index (χ4v) is 14.2. The van der Waals surface area contributed by atoms with Crippen molar-refractivity contribution in [3.05, 3.63) is 122 Å². The summed E-state index contributed by atoms with van der Waals surface area (Å²) in [6.45, 7) is 2.71. The van der Waals surface area contributed by atoms with Gasteiger partial charge in [-0.25, -0.2) is 0 Å². The Morgan fingerprint density at radius 2 is 0.648 bits per heavy atom. The smallest absolute Gasteiger partial charge is 0.220 e. The predicted octanol–water partition coefficient (Wildman–Crippen LogP) is 21.9. The van der Waals surface area contributed by atoms with Crippen LogP contribution >= 0.6 is 0 Å². The van der Waals surface area contributed by atoms with Crippen molar-refractivity contribution in [2.24, 2.45) is 0 Å². The molecule has 0 radical (unpaired) electrons. The largest absolute Gasteiger partial charge is 0.394 e. The topological polar surface area (TPSA) is 228 Å². The van der Waals surface area contributed by atoms with Gasteiger partial charge in [-0.05, 0) is 96.3 Å². The maximum Gasteiger partial charge on any atom is 0.220 e. The Balaban J connectivity index is 1.59. The molecule has 14 heteroatoms. The second-order valence-corrected chi connectivity index (χ2v) is 31.0. The summed E-state index contributed by atoms with van der Waals surface area (Å²) in [6.07, 6.45) is 95.9. The van der Waals surface area contributed by atoms with Gasteiger partial charge in [-0.1, -0.05) is 392 Å². The first-order chi connectivity index (χ1) is 53.1. The number of ether oxygens (including phenoxy) is 4. The van der Waals surface area contributed by atoms with Crippen molar-refractivity contribution in [3.63, 3.8) is 0 Å². The first kappa shape index (κ1) is 100. The Morgan fingerprint density at radius 1 is 0.343 bits per heavy atom. The molecule has 14 nitrogen and oxygen atoms in total. The molecule has 0 bridgehead atoms. The molecule has 0 aromatic heterocycles. The molecule has 12 atom stereocenters. The quantitative estimate of drug-likeness (QED) is 0.0204. The highest BCUT2D eigenvalue weighted by molar-refractivity contribution is 5.76. The summed E-state index contributed by atoms with van der Waals surface area (Å²) >= 11 is 0. The van der Waals surface area contributed by atoms with Gasteiger partial charge < -0.3 is 65.1 Å². The van der Waals surface area contributed by atoms with Crippen LogP contribution in [0.15, 0.2) is 122 Å². The van der Waals surface area contributed by atoms with Crippen LogP contribution in [0.25, 0.3) is 0 Å². The van der Waals surface area contributed by atoms with Crippen molar-refractivity contribution < 1.29 is 64.6 Å². The second kappa shape index (κ2) is 76.0. The first-order valence-electron chi connectivity index (χ1n) is 44.8. The van der Waals surface area contributed by atoms with Crippen LogP contribution in [-0.4, -0.2) is 140 Å². The van der Waals surface area contributed by atoms with E-state index in [-0.39, 0.29) is 18.9 Å². The van der Waals surface area contributed by atoms with Crippen molar-refractivity contribution in [3.8, 4) is 0 Å². The molecule has 1 amide bonds. The molecule has 0 spiro atoms. The maximum atomic E-state index is 13.4. The molecule has 9 N–H and O–H groups in total. The highest BCUT2D eigenvalue weighted by atomic mass is 16.7. The summed E-state index contributed by atoms with van der Waals surface area (Å²) in [7, 11) is 0. The Hall–Kier alpha value is -3.61. The van der Waals surface area contributed by atoms with E-state index in [0.29, 0.717) is 12.8 Å². The van der Waals surface area contributed by atoms with E-state index in [2.05, 4.69) is 129 Å². The van der Waals surface area contributed by atoms with Gasteiger partial charge in [0, 0.05) is 6.42 Å². The van der Waals surface area contributed by atoms with E-state index in [4.69, 9.17) is 18.9 Å². The molecule has 0 saturated carbocycles. The number of hydrogen-bond donors (Lipinski definition) is 9. The minimum atomic E-state index is -1.80. The summed E-state index contributed by atoms with van der Waals surface area (Å²) in [5.41, 5.74) is 0. The zero-order chi connectivity index (χ0) is 77.9. The molecule has 2 aliphatic rings. The van der Waals surface area contributed by atoms with Crippen LogP contribution in [0.1, 0.15) is 373 Å². The Labute approximate surface area is 660 Å². The molecule has 12 unspecified atom stereocenters. The number of carbonyl (C=O) groups is 1. The molecular weight excluding hydrogens is 1350 g/mol. The van der Waals surface area contributed by atoms with Gasteiger partial charge in [0.25, 0.3) is 0 Å². The van der Waals surface area contributed by atoms with Crippen molar-refractivity contribution in [1.82, 2.24) is 5.32 Å². The third kappa shape index (κ3) is 57.4. The SMILES string of the molecule is CC/C=C\C/C=C\C/C=C\C/C=C\C/C=C\C/C=C\C/C=C\C/C=C\CCCCCCCCCCCCCCCCCCC(=O)NC(COC1OC(CO)C(OC2OC(CO)C(O)C(O)C2O)C(O)C1O)C(O)/C=C/CC/C=C/CCCCCCCCCCCCCCCCCCCCCCCCCCCCC. The van der Waals surface area contributed by atoms with E-state index in [1.54, 1.807) is 6.08 Å². The number of allylic oxidation sites excluding steroid dienone is 19. The number of aliphatic hydroxyl groups excluding tert-OH is 8. The lowest BCUT2D eigenvalue weighted by Crippen LogP contribution is -2.65. The molecule has 2 fully saturated rings. The average molecular weight is 1520 g/mol. The predicted molar refractivity (Wildman–Crippen MR) is 452 cm³/mol. The summed E-state index contributed by atoms with van der Waals surface area (Å²) in [6, 6.07) is -0.940. The molecule has 2 heterocycles. The molecular formula is C94H165NO13. The summed E-state index contributed by atoms with van der Waals surface area (Å²) in [5, 5.41) is 87.8. The number of aliphatic hydroxyl groups is 8. The van der Waals surface area contributed by atoms with Gasteiger partial charge in [-0.3, -0.25) is 4.79 Å². The van der Waals surface area contributed by atoms with Gasteiger partial charge in [0.05, 0.1) is 32.0 Å². The molecule has 0 aromatic carbocycles. The van der Waals surface area contributed by atoms with Gasteiger partial charge in [0.1, 0.15) is 48.8 Å². The first-order valence-corrected chi connectivity index (χ1v) is 44.8. The van der Waals surface area contributed by atoms with Crippen LogP contribution < -0.4 is 5.32 Å². The van der Waals surface area contributed by atoms with Crippen LogP contribution in [0, 0.1) is 0 Å². The van der Waals surface area contributed by atoms with Gasteiger partial charge in [0.2, 0.25) is 5.91 Å². The third-order valence-corrected chi connectivity index (χ3v) is 21.1. The number of rotatable bonds is 75. The van der Waals surface area contributed by atoms with E-state index >= 15 is 0 Å². The minimum Gasteiger partial charge on any atom is -0.394 e. The average Bonchev–Trinajstić information content (AvgIpc) is 0.789. The van der Waals surface area contributed by atoms with Crippen LogP contribution in [0.3, 0.4) is 0 Å². The molecule has 2 saturated heterocycles. The van der Waals surface area contributed by atoms with Crippen LogP contribution in [0.4, 0.5) is 0 Å². The lowest BCUT2D eigenvalue weighted by Gasteiger charge is -2.46. The van der Waals surface area contributed by atoms with Crippen molar-refractivity contribution >= 4 is 5.91 Å². The lowest BCUT2D eigenvalue weighted by atomic mass is 9.97. The normalized spacial score (nSPS) is 21.7. The number of unbranched alkanes of at least 4 members (excludes halogenated alkanes) is 44. The Bertz CT molecular complexity index is 2290. The molecule has 0 aliphatic carbocycles. The van der Waals surface area contributed by atoms with Gasteiger partial charge in [-0.2, -0.15) is 0 Å². The summed E-state index contributed by atoms with van der Waals surface area (Å²) in [4.78, 5) is 13.4. The van der Waals surface area contributed by atoms with Gasteiger partial charge in [0.15, 0.2) is 12.6 Å². The van der Waals surface area contributed by atoms with E-state index < -0.39 is 86.8 Å². The summed E-state index contributed by atoms with van der Waals surface area (Å²) in [5.74, 6) is -0.247. The molecule has 108 heavy (non-hydrogen) atoms. The van der Waals surface area contributed by atoms with Crippen LogP contribution in [-0.2, 0) is 23.7 Å². The zero-order valence-electron chi connectivity index (χ0n) is 68.8. The van der Waals surface area contributed by atoms with Gasteiger partial charge >= 0.3 is 0 Å². The molecule has 2 aliphatic heterocycles. The Morgan fingerprint density at radius 3 is 1.02 bits per heavy atom. The molecule has 624 valence electrons. The maximum absolute atomic E-state index is 13.4. The lowest BCUT2D eigenvalue weighted by molar-refractivity contribution is -0.359. The van der Waals surface area contributed by atoms with E-state index in [9.17, 15) is 45.6 Å². The highest BCUT2D eigenvalue weighted by Gasteiger charge is 2.51. The number of amides is 1. The molecule has 0 aromatic rings. The van der Waals surface area contributed by atoms with E-state index in [1.165, 1.54) is 257 Å². The second-order valence-electron chi connectivity index (χ2n) is 31.0. The monoisotopic (exact) mass is 1520 g/mol. The standard InChI is InChI=1S/C94H165NO13/c1-3-5-7-9-11-13-15-17-19-21-23-25-27-29-31-33-35-37-38-39-40-41-42-43-44-46-48-50-52-54-56-58-60-62-64-66-68-70-72-74-76-78-86(99)95-82(81-105-93-91(104)89(102)92(85(80-97)107-93)108-94-90(103)88(101)87(100)84(79-96)106-94)83(98)77-75-73-71-69-67-65-63-61-59-57-55-53-51-49-47-45-36-34-32-30-28-26-24-22-20-18-16-14-12-10-8-6-4-2/h5,7,11,13,17,19,23,25,29,31,35,37,39-40,42-43,67,69,75,77,82-85,87-94,96-98,100-104H,3-4,6,8-10,12,14-16,18,20-22,24,26-28,30,32-34,36,38,41,44-66,68,70-74,76,78-81H2,1-2H3,(H,95,99)/b7-5-,13-11-,19-17-,25-23-,31-29-,37-35-,40-39-,43-42-,69-67+,77-75+. The zero-order valence-corrected chi connectivity index (χ0v) is 68.8. The molecule has 2 rings (SSSR count). The minimum absolute atomic E-state index is 0.247. The number of hydrogen-bond acceptors (Lipinski definition) is 13. The summed E-state index contributed by atoms with van der Waals surface area (Å²) < 4.78 is 22.9. The van der Waals surface area contributed by atoms with E-state index in [0.717, 1.165) is 83.5 Å². The van der Waals surface area contributed by atoms with Crippen molar-refractivity contribution in [2.45, 2.75) is 447 Å². The highest BCUT2D eigenvalue weighted by Crippen LogP contribution is 2.30. The number of carbonyl (C=O) groups excluding carboxylic acids is 1. The third-order valence-electron chi connectivity index (χ3n) is 21.1. The fourth-order valence-electron chi connectivity index (χ4n) is 14.2. The van der Waals surface area contributed by atoms with Crippen molar-refractivity contribution in [1.29, 1.82) is 0 Å². The van der Waals surface area contributed by atoms with Gasteiger partial charge in [-0.15, -0.1) is 0 Å².